The molecular formula is C25H26Cl2FN3O5. The summed E-state index contributed by atoms with van der Waals surface area (Å²) in [6.07, 6.45) is 0.386. The van der Waals surface area contributed by atoms with Gasteiger partial charge in [-0.1, -0.05) is 55.2 Å². The van der Waals surface area contributed by atoms with E-state index in [9.17, 15) is 24.2 Å². The summed E-state index contributed by atoms with van der Waals surface area (Å²) in [5.41, 5.74) is -0.876. The van der Waals surface area contributed by atoms with Crippen molar-refractivity contribution in [2.75, 3.05) is 6.61 Å². The lowest BCUT2D eigenvalue weighted by molar-refractivity contribution is -0.137. The smallest absolute Gasteiger partial charge is 0.305 e. The maximum Gasteiger partial charge on any atom is 0.305 e. The van der Waals surface area contributed by atoms with Crippen LogP contribution in [0.25, 0.3) is 5.69 Å². The van der Waals surface area contributed by atoms with E-state index in [0.717, 1.165) is 4.68 Å². The van der Waals surface area contributed by atoms with Gasteiger partial charge in [-0.25, -0.2) is 4.39 Å². The number of rotatable bonds is 11. The molecular weight excluding hydrogens is 512 g/mol. The molecule has 0 saturated carbocycles. The Morgan fingerprint density at radius 1 is 1.17 bits per heavy atom. The highest BCUT2D eigenvalue weighted by atomic mass is 35.5. The largest absolute Gasteiger partial charge is 0.481 e. The maximum atomic E-state index is 14.6. The number of nitrogens with one attached hydrogen (secondary N) is 1. The van der Waals surface area contributed by atoms with Crippen molar-refractivity contribution in [3.8, 4) is 11.6 Å². The molecule has 0 radical (unpaired) electrons. The van der Waals surface area contributed by atoms with Crippen molar-refractivity contribution in [2.45, 2.75) is 44.8 Å². The number of carboxylic acids is 1. The molecule has 0 aliphatic carbocycles. The van der Waals surface area contributed by atoms with Crippen molar-refractivity contribution in [1.29, 1.82) is 0 Å². The van der Waals surface area contributed by atoms with Gasteiger partial charge in [0.05, 0.1) is 18.1 Å². The molecule has 3 N–H and O–H groups in total. The standard InChI is InChI=1S/C25H26Cl2FN3O5/c1-3-25(35,4-2)14-36-22-12-20(30-31(22)21-8-6-5-7-18(21)28)24(34)29-19(13-23(32)33)16-10-9-15(26)11-17(16)27/h5-12,19,35H,3-4,13-14H2,1-2H3,(H,29,34)(H,32,33). The summed E-state index contributed by atoms with van der Waals surface area (Å²) in [4.78, 5) is 24.6. The number of amides is 1. The summed E-state index contributed by atoms with van der Waals surface area (Å²) >= 11 is 12.2. The van der Waals surface area contributed by atoms with Crippen molar-refractivity contribution in [2.24, 2.45) is 0 Å². The zero-order valence-corrected chi connectivity index (χ0v) is 21.2. The first-order valence-electron chi connectivity index (χ1n) is 11.2. The molecule has 0 bridgehead atoms. The molecule has 0 spiro atoms. The van der Waals surface area contributed by atoms with E-state index in [4.69, 9.17) is 27.9 Å². The van der Waals surface area contributed by atoms with E-state index in [1.807, 2.05) is 13.8 Å². The van der Waals surface area contributed by atoms with E-state index >= 15 is 0 Å². The molecule has 1 atom stereocenters. The van der Waals surface area contributed by atoms with Crippen LogP contribution in [0.3, 0.4) is 0 Å². The molecule has 0 saturated heterocycles. The summed E-state index contributed by atoms with van der Waals surface area (Å²) in [5, 5.41) is 27.4. The van der Waals surface area contributed by atoms with Crippen LogP contribution in [0.2, 0.25) is 10.0 Å². The number of carbonyl (C=O) groups is 2. The average molecular weight is 538 g/mol. The third-order valence-electron chi connectivity index (χ3n) is 5.82. The molecule has 0 aliphatic rings. The topological polar surface area (TPSA) is 114 Å². The number of aromatic nitrogens is 2. The fourth-order valence-corrected chi connectivity index (χ4v) is 4.01. The van der Waals surface area contributed by atoms with Gasteiger partial charge in [-0.3, -0.25) is 9.59 Å². The van der Waals surface area contributed by atoms with Crippen LogP contribution in [0.15, 0.2) is 48.5 Å². The Morgan fingerprint density at radius 3 is 2.47 bits per heavy atom. The molecule has 3 aromatic rings. The van der Waals surface area contributed by atoms with Gasteiger partial charge in [0, 0.05) is 16.1 Å². The Balaban J connectivity index is 1.96. The Hall–Kier alpha value is -3.14. The zero-order valence-electron chi connectivity index (χ0n) is 19.7. The lowest BCUT2D eigenvalue weighted by Crippen LogP contribution is -2.34. The van der Waals surface area contributed by atoms with Gasteiger partial charge in [0.15, 0.2) is 5.69 Å². The first-order valence-corrected chi connectivity index (χ1v) is 12.0. The monoisotopic (exact) mass is 537 g/mol. The van der Waals surface area contributed by atoms with Crippen LogP contribution in [0.1, 0.15) is 55.2 Å². The first kappa shape index (κ1) is 27.4. The number of hydrogen-bond acceptors (Lipinski definition) is 5. The van der Waals surface area contributed by atoms with Gasteiger partial charge in [0.2, 0.25) is 5.88 Å². The molecule has 3 rings (SSSR count). The fourth-order valence-electron chi connectivity index (χ4n) is 3.47. The molecule has 1 heterocycles. The van der Waals surface area contributed by atoms with E-state index in [2.05, 4.69) is 10.4 Å². The minimum Gasteiger partial charge on any atom is -0.481 e. The van der Waals surface area contributed by atoms with Gasteiger partial charge in [-0.05, 0) is 42.7 Å². The minimum absolute atomic E-state index is 0.0323. The minimum atomic E-state index is -1.16. The average Bonchev–Trinajstić information content (AvgIpc) is 3.26. The second-order valence-corrected chi connectivity index (χ2v) is 9.08. The molecule has 192 valence electrons. The van der Waals surface area contributed by atoms with Crippen molar-refractivity contribution < 1.29 is 28.9 Å². The molecule has 1 unspecified atom stereocenters. The number of nitrogens with zero attached hydrogens (tertiary/aromatic N) is 2. The van der Waals surface area contributed by atoms with Crippen LogP contribution in [0, 0.1) is 5.82 Å². The molecule has 8 nitrogen and oxygen atoms in total. The van der Waals surface area contributed by atoms with Crippen molar-refractivity contribution in [3.05, 3.63) is 75.7 Å². The van der Waals surface area contributed by atoms with E-state index in [0.29, 0.717) is 23.4 Å². The molecule has 36 heavy (non-hydrogen) atoms. The summed E-state index contributed by atoms with van der Waals surface area (Å²) in [5.74, 6) is -2.46. The van der Waals surface area contributed by atoms with Crippen molar-refractivity contribution >= 4 is 35.1 Å². The van der Waals surface area contributed by atoms with Gasteiger partial charge in [-0.15, -0.1) is 0 Å². The lowest BCUT2D eigenvalue weighted by Gasteiger charge is -2.25. The SMILES string of the molecule is CCC(O)(CC)COc1cc(C(=O)NC(CC(=O)O)c2ccc(Cl)cc2Cl)nn1-c1ccccc1F. The van der Waals surface area contributed by atoms with Crippen molar-refractivity contribution in [1.82, 2.24) is 15.1 Å². The van der Waals surface area contributed by atoms with E-state index in [1.54, 1.807) is 6.07 Å². The number of carboxylic acid groups (broad SMARTS) is 1. The van der Waals surface area contributed by atoms with E-state index in [-0.39, 0.29) is 28.9 Å². The number of aliphatic hydroxyl groups is 1. The highest BCUT2D eigenvalue weighted by molar-refractivity contribution is 6.35. The highest BCUT2D eigenvalue weighted by Crippen LogP contribution is 2.29. The predicted molar refractivity (Wildman–Crippen MR) is 133 cm³/mol. The third-order valence-corrected chi connectivity index (χ3v) is 6.38. The number of halogens is 3. The summed E-state index contributed by atoms with van der Waals surface area (Å²) in [6.45, 7) is 3.51. The van der Waals surface area contributed by atoms with E-state index < -0.39 is 35.8 Å². The Labute approximate surface area is 217 Å². The van der Waals surface area contributed by atoms with Crippen LogP contribution in [-0.2, 0) is 4.79 Å². The number of aliphatic carboxylic acids is 1. The number of benzene rings is 2. The number of carbonyl (C=O) groups excluding carboxylic acids is 1. The summed E-state index contributed by atoms with van der Waals surface area (Å²) in [7, 11) is 0. The zero-order chi connectivity index (χ0) is 26.5. The van der Waals surface area contributed by atoms with Gasteiger partial charge in [0.25, 0.3) is 5.91 Å². The van der Waals surface area contributed by atoms with Gasteiger partial charge < -0.3 is 20.3 Å². The fraction of sp³-hybridized carbons (Fsp3) is 0.320. The third kappa shape index (κ3) is 6.54. The molecule has 2 aromatic carbocycles. The Morgan fingerprint density at radius 2 is 1.86 bits per heavy atom. The Bertz CT molecular complexity index is 1250. The van der Waals surface area contributed by atoms with Gasteiger partial charge in [-0.2, -0.15) is 9.78 Å². The number of para-hydroxylation sites is 1. The Kier molecular flexibility index (Phi) is 8.94. The summed E-state index contributed by atoms with van der Waals surface area (Å²) in [6, 6.07) is 10.6. The maximum absolute atomic E-state index is 14.6. The van der Waals surface area contributed by atoms with Gasteiger partial charge in [0.1, 0.15) is 18.1 Å². The number of hydrogen-bond donors (Lipinski definition) is 3. The van der Waals surface area contributed by atoms with Crippen LogP contribution in [-0.4, -0.2) is 44.1 Å². The first-order chi connectivity index (χ1) is 17.1. The highest BCUT2D eigenvalue weighted by Gasteiger charge is 2.27. The van der Waals surface area contributed by atoms with Crippen LogP contribution >= 0.6 is 23.2 Å². The predicted octanol–water partition coefficient (Wildman–Crippen LogP) is 5.19. The lowest BCUT2D eigenvalue weighted by atomic mass is 9.99. The molecule has 11 heteroatoms. The molecule has 0 fully saturated rings. The molecule has 0 aliphatic heterocycles. The molecule has 1 aromatic heterocycles. The second kappa shape index (κ2) is 11.7. The molecule has 1 amide bonds. The van der Waals surface area contributed by atoms with Crippen LogP contribution in [0.4, 0.5) is 4.39 Å². The normalized spacial score (nSPS) is 12.3. The second-order valence-electron chi connectivity index (χ2n) is 8.24. The number of ether oxygens (including phenoxy) is 1. The van der Waals surface area contributed by atoms with Crippen LogP contribution < -0.4 is 10.1 Å². The summed E-state index contributed by atoms with van der Waals surface area (Å²) < 4.78 is 21.5. The van der Waals surface area contributed by atoms with Crippen molar-refractivity contribution in [3.63, 3.8) is 0 Å². The van der Waals surface area contributed by atoms with Crippen LogP contribution in [0.5, 0.6) is 5.88 Å². The quantitative estimate of drug-likeness (QED) is 0.310. The van der Waals surface area contributed by atoms with Gasteiger partial charge >= 0.3 is 5.97 Å². The van der Waals surface area contributed by atoms with E-state index in [1.165, 1.54) is 42.5 Å².